The van der Waals surface area contributed by atoms with E-state index in [0.717, 1.165) is 46.3 Å². The third kappa shape index (κ3) is 2.97. The largest absolute Gasteiger partial charge is 0.385 e. The fourth-order valence-corrected chi connectivity index (χ4v) is 2.53. The number of hydrogen-bond donors (Lipinski definition) is 1. The van der Waals surface area contributed by atoms with Crippen molar-refractivity contribution < 1.29 is 4.74 Å². The number of ether oxygens (including phenoxy) is 1. The van der Waals surface area contributed by atoms with Crippen molar-refractivity contribution in [1.82, 2.24) is 9.55 Å². The number of H-pyrrole nitrogens is 1. The molecule has 0 aliphatic rings. The van der Waals surface area contributed by atoms with Gasteiger partial charge in [-0.2, -0.15) is 0 Å². The number of methoxy groups -OCH3 is 1. The minimum atomic E-state index is 0.788. The van der Waals surface area contributed by atoms with E-state index >= 15 is 0 Å². The molecular weight excluding hydrogens is 300 g/mol. The quantitative estimate of drug-likeness (QED) is 0.670. The smallest absolute Gasteiger partial charge is 0.178 e. The van der Waals surface area contributed by atoms with E-state index in [0.29, 0.717) is 0 Å². The Morgan fingerprint density at radius 2 is 2.24 bits per heavy atom. The van der Waals surface area contributed by atoms with Crippen LogP contribution in [0.3, 0.4) is 0 Å². The lowest BCUT2D eigenvalue weighted by Crippen LogP contribution is -1.99. The Kier molecular flexibility index (Phi) is 4.36. The maximum atomic E-state index is 5.34. The van der Waals surface area contributed by atoms with E-state index in [9.17, 15) is 0 Å². The molecule has 0 spiro atoms. The number of halogens is 1. The maximum absolute atomic E-state index is 5.34. The molecule has 0 fully saturated rings. The van der Waals surface area contributed by atoms with Gasteiger partial charge < -0.3 is 14.3 Å². The van der Waals surface area contributed by atoms with Gasteiger partial charge in [-0.25, -0.2) is 0 Å². The van der Waals surface area contributed by atoms with Crippen molar-refractivity contribution in [1.29, 1.82) is 0 Å². The van der Waals surface area contributed by atoms with Crippen LogP contribution in [-0.2, 0) is 11.3 Å². The molecule has 0 saturated carbocycles. The van der Waals surface area contributed by atoms with Gasteiger partial charge in [-0.3, -0.25) is 0 Å². The SMILES string of the molecule is COCCCCn1c(=S)[nH]c2cc(Br)ccc21. The molecule has 17 heavy (non-hydrogen) atoms. The van der Waals surface area contributed by atoms with Crippen molar-refractivity contribution in [2.24, 2.45) is 0 Å². The van der Waals surface area contributed by atoms with Crippen molar-refractivity contribution >= 4 is 39.2 Å². The average molecular weight is 315 g/mol. The number of nitrogens with one attached hydrogen (secondary N) is 1. The van der Waals surface area contributed by atoms with Gasteiger partial charge in [0.25, 0.3) is 0 Å². The van der Waals surface area contributed by atoms with Gasteiger partial charge in [0.05, 0.1) is 11.0 Å². The summed E-state index contributed by atoms with van der Waals surface area (Å²) in [7, 11) is 1.73. The molecule has 1 heterocycles. The van der Waals surface area contributed by atoms with Gasteiger partial charge in [0, 0.05) is 24.7 Å². The van der Waals surface area contributed by atoms with E-state index in [1.54, 1.807) is 7.11 Å². The zero-order valence-electron chi connectivity index (χ0n) is 9.70. The highest BCUT2D eigenvalue weighted by Crippen LogP contribution is 2.19. The van der Waals surface area contributed by atoms with Crippen LogP contribution in [-0.4, -0.2) is 23.3 Å². The van der Waals surface area contributed by atoms with Crippen LogP contribution in [0.5, 0.6) is 0 Å². The van der Waals surface area contributed by atoms with Crippen molar-refractivity contribution in [3.05, 3.63) is 27.4 Å². The first-order valence-corrected chi connectivity index (χ1v) is 6.79. The van der Waals surface area contributed by atoms with E-state index in [1.807, 2.05) is 6.07 Å². The third-order valence-corrected chi connectivity index (χ3v) is 3.53. The summed E-state index contributed by atoms with van der Waals surface area (Å²) in [6.45, 7) is 1.74. The molecule has 0 aliphatic carbocycles. The van der Waals surface area contributed by atoms with Crippen LogP contribution >= 0.6 is 28.1 Å². The predicted molar refractivity (Wildman–Crippen MR) is 75.9 cm³/mol. The Balaban J connectivity index is 2.21. The number of imidazole rings is 1. The number of rotatable bonds is 5. The molecule has 1 aromatic heterocycles. The minimum Gasteiger partial charge on any atom is -0.385 e. The van der Waals surface area contributed by atoms with Crippen molar-refractivity contribution in [2.75, 3.05) is 13.7 Å². The number of aromatic amines is 1. The van der Waals surface area contributed by atoms with E-state index in [-0.39, 0.29) is 0 Å². The summed E-state index contributed by atoms with van der Waals surface area (Å²) in [5.74, 6) is 0. The monoisotopic (exact) mass is 314 g/mol. The summed E-state index contributed by atoms with van der Waals surface area (Å²) < 4.78 is 9.04. The van der Waals surface area contributed by atoms with Crippen LogP contribution in [0.1, 0.15) is 12.8 Å². The van der Waals surface area contributed by atoms with Gasteiger partial charge >= 0.3 is 0 Å². The Morgan fingerprint density at radius 1 is 1.41 bits per heavy atom. The molecule has 0 radical (unpaired) electrons. The van der Waals surface area contributed by atoms with Crippen LogP contribution in [0, 0.1) is 4.77 Å². The second kappa shape index (κ2) is 5.80. The normalized spacial score (nSPS) is 11.2. The van der Waals surface area contributed by atoms with Crippen molar-refractivity contribution in [3.8, 4) is 0 Å². The maximum Gasteiger partial charge on any atom is 0.178 e. The molecule has 0 bridgehead atoms. The van der Waals surface area contributed by atoms with E-state index in [2.05, 4.69) is 37.6 Å². The number of benzene rings is 1. The van der Waals surface area contributed by atoms with E-state index < -0.39 is 0 Å². The number of fused-ring (bicyclic) bond motifs is 1. The molecule has 2 aromatic rings. The van der Waals surface area contributed by atoms with Crippen LogP contribution in [0.2, 0.25) is 0 Å². The molecule has 0 atom stereocenters. The third-order valence-electron chi connectivity index (χ3n) is 2.72. The topological polar surface area (TPSA) is 29.9 Å². The predicted octanol–water partition coefficient (Wildman–Crippen LogP) is 3.89. The van der Waals surface area contributed by atoms with Crippen molar-refractivity contribution in [2.45, 2.75) is 19.4 Å². The summed E-state index contributed by atoms with van der Waals surface area (Å²) in [6, 6.07) is 6.18. The summed E-state index contributed by atoms with van der Waals surface area (Å²) in [5.41, 5.74) is 2.24. The van der Waals surface area contributed by atoms with Crippen LogP contribution < -0.4 is 0 Å². The van der Waals surface area contributed by atoms with Crippen LogP contribution in [0.15, 0.2) is 22.7 Å². The standard InChI is InChI=1S/C12H15BrN2OS/c1-16-7-3-2-6-15-11-5-4-9(13)8-10(11)14-12(15)17/h4-5,8H,2-3,6-7H2,1H3,(H,14,17). The van der Waals surface area contributed by atoms with E-state index in [4.69, 9.17) is 17.0 Å². The highest BCUT2D eigenvalue weighted by atomic mass is 79.9. The van der Waals surface area contributed by atoms with Gasteiger partial charge in [-0.15, -0.1) is 0 Å². The molecule has 1 N–H and O–H groups in total. The zero-order valence-corrected chi connectivity index (χ0v) is 12.1. The number of unbranched alkanes of at least 4 members (excludes halogenated alkanes) is 1. The summed E-state index contributed by atoms with van der Waals surface area (Å²) in [6.07, 6.45) is 2.13. The fourth-order valence-electron chi connectivity index (χ4n) is 1.87. The second-order valence-electron chi connectivity index (χ2n) is 3.94. The number of hydrogen-bond acceptors (Lipinski definition) is 2. The van der Waals surface area contributed by atoms with Gasteiger partial charge in [0.2, 0.25) is 0 Å². The van der Waals surface area contributed by atoms with Crippen molar-refractivity contribution in [3.63, 3.8) is 0 Å². The molecule has 0 amide bonds. The Labute approximate surface area is 114 Å². The van der Waals surface area contributed by atoms with Gasteiger partial charge in [0.15, 0.2) is 4.77 Å². The van der Waals surface area contributed by atoms with Gasteiger partial charge in [0.1, 0.15) is 0 Å². The molecule has 0 unspecified atom stereocenters. The molecule has 5 heteroatoms. The van der Waals surface area contributed by atoms with E-state index in [1.165, 1.54) is 0 Å². The first-order chi connectivity index (χ1) is 8.22. The molecular formula is C12H15BrN2OS. The first kappa shape index (κ1) is 12.8. The van der Waals surface area contributed by atoms with Crippen LogP contribution in [0.4, 0.5) is 0 Å². The summed E-state index contributed by atoms with van der Waals surface area (Å²) in [4.78, 5) is 3.23. The number of aryl methyl sites for hydroxylation is 1. The molecule has 0 aliphatic heterocycles. The number of nitrogens with zero attached hydrogens (tertiary/aromatic N) is 1. The molecule has 2 rings (SSSR count). The zero-order chi connectivity index (χ0) is 12.3. The first-order valence-electron chi connectivity index (χ1n) is 5.59. The Hall–Kier alpha value is -0.650. The van der Waals surface area contributed by atoms with Crippen LogP contribution in [0.25, 0.3) is 11.0 Å². The minimum absolute atomic E-state index is 0.788. The molecule has 92 valence electrons. The number of aromatic nitrogens is 2. The lowest BCUT2D eigenvalue weighted by atomic mass is 10.3. The fraction of sp³-hybridized carbons (Fsp3) is 0.417. The molecule has 1 aromatic carbocycles. The van der Waals surface area contributed by atoms with Gasteiger partial charge in [-0.05, 0) is 43.3 Å². The highest BCUT2D eigenvalue weighted by molar-refractivity contribution is 9.10. The van der Waals surface area contributed by atoms with Gasteiger partial charge in [-0.1, -0.05) is 15.9 Å². The molecule has 0 saturated heterocycles. The average Bonchev–Trinajstić information content (AvgIpc) is 2.60. The Bertz CT molecular complexity index is 561. The molecule has 3 nitrogen and oxygen atoms in total. The second-order valence-corrected chi connectivity index (χ2v) is 5.25. The highest BCUT2D eigenvalue weighted by Gasteiger charge is 2.04. The lowest BCUT2D eigenvalue weighted by Gasteiger charge is -2.04. The lowest BCUT2D eigenvalue weighted by molar-refractivity contribution is 0.191. The summed E-state index contributed by atoms with van der Waals surface area (Å²) >= 11 is 8.79. The summed E-state index contributed by atoms with van der Waals surface area (Å²) in [5, 5.41) is 0. The Morgan fingerprint density at radius 3 is 3.00 bits per heavy atom.